The SMILES string of the molecule is CC#CC(=O)N1CCC[C@H]1CO. The van der Waals surface area contributed by atoms with E-state index in [1.165, 1.54) is 0 Å². The van der Waals surface area contributed by atoms with Gasteiger partial charge in [0.2, 0.25) is 0 Å². The number of nitrogens with zero attached hydrogens (tertiary/aromatic N) is 1. The van der Waals surface area contributed by atoms with Crippen molar-refractivity contribution in [2.45, 2.75) is 25.8 Å². The first-order valence-electron chi connectivity index (χ1n) is 4.13. The summed E-state index contributed by atoms with van der Waals surface area (Å²) < 4.78 is 0. The Labute approximate surface area is 72.4 Å². The van der Waals surface area contributed by atoms with E-state index in [1.807, 2.05) is 0 Å². The lowest BCUT2D eigenvalue weighted by molar-refractivity contribution is -0.126. The Morgan fingerprint density at radius 1 is 1.75 bits per heavy atom. The van der Waals surface area contributed by atoms with Gasteiger partial charge < -0.3 is 10.0 Å². The van der Waals surface area contributed by atoms with Crippen molar-refractivity contribution in [3.63, 3.8) is 0 Å². The van der Waals surface area contributed by atoms with Crippen molar-refractivity contribution in [3.8, 4) is 11.8 Å². The van der Waals surface area contributed by atoms with Gasteiger partial charge in [0.15, 0.2) is 0 Å². The molecule has 3 nitrogen and oxygen atoms in total. The number of rotatable bonds is 1. The van der Waals surface area contributed by atoms with E-state index in [9.17, 15) is 4.79 Å². The number of carbonyl (C=O) groups is 1. The van der Waals surface area contributed by atoms with Gasteiger partial charge in [-0.1, -0.05) is 5.92 Å². The first-order chi connectivity index (χ1) is 5.79. The van der Waals surface area contributed by atoms with Gasteiger partial charge in [-0.25, -0.2) is 0 Å². The molecule has 0 aromatic rings. The van der Waals surface area contributed by atoms with Gasteiger partial charge in [-0.15, -0.1) is 0 Å². The van der Waals surface area contributed by atoms with Crippen molar-refractivity contribution in [2.24, 2.45) is 0 Å². The standard InChI is InChI=1S/C9H13NO2/c1-2-4-9(12)10-6-3-5-8(10)7-11/h8,11H,3,5-7H2,1H3/t8-/m0/s1. The summed E-state index contributed by atoms with van der Waals surface area (Å²) in [5, 5.41) is 8.91. The summed E-state index contributed by atoms with van der Waals surface area (Å²) >= 11 is 0. The van der Waals surface area contributed by atoms with E-state index in [4.69, 9.17) is 5.11 Å². The van der Waals surface area contributed by atoms with Gasteiger partial charge in [0, 0.05) is 6.54 Å². The van der Waals surface area contributed by atoms with Crippen LogP contribution in [0.15, 0.2) is 0 Å². The van der Waals surface area contributed by atoms with Crippen molar-refractivity contribution in [3.05, 3.63) is 0 Å². The number of aliphatic hydroxyl groups is 1. The number of aliphatic hydroxyl groups excluding tert-OH is 1. The summed E-state index contributed by atoms with van der Waals surface area (Å²) in [6.07, 6.45) is 1.87. The van der Waals surface area contributed by atoms with E-state index >= 15 is 0 Å². The van der Waals surface area contributed by atoms with Crippen LogP contribution in [-0.4, -0.2) is 35.1 Å². The normalized spacial score (nSPS) is 21.8. The van der Waals surface area contributed by atoms with Gasteiger partial charge in [0.1, 0.15) is 0 Å². The van der Waals surface area contributed by atoms with Crippen LogP contribution in [-0.2, 0) is 4.79 Å². The average molecular weight is 167 g/mol. The second kappa shape index (κ2) is 4.13. The highest BCUT2D eigenvalue weighted by atomic mass is 16.3. The van der Waals surface area contributed by atoms with Crippen LogP contribution in [0.5, 0.6) is 0 Å². The third kappa shape index (κ3) is 1.77. The summed E-state index contributed by atoms with van der Waals surface area (Å²) in [6.45, 7) is 2.43. The molecule has 1 amide bonds. The predicted octanol–water partition coefficient (Wildman–Crippen LogP) is -0.00700. The van der Waals surface area contributed by atoms with Crippen LogP contribution in [0.25, 0.3) is 0 Å². The monoisotopic (exact) mass is 167 g/mol. The van der Waals surface area contributed by atoms with Crippen LogP contribution in [0.2, 0.25) is 0 Å². The molecule has 0 saturated carbocycles. The Morgan fingerprint density at radius 3 is 3.08 bits per heavy atom. The maximum atomic E-state index is 11.3. The van der Waals surface area contributed by atoms with Gasteiger partial charge in [-0.2, -0.15) is 0 Å². The highest BCUT2D eigenvalue weighted by Gasteiger charge is 2.26. The second-order valence-corrected chi connectivity index (χ2v) is 2.85. The Hall–Kier alpha value is -1.01. The topological polar surface area (TPSA) is 40.5 Å². The molecule has 0 spiro atoms. The van der Waals surface area contributed by atoms with E-state index in [0.717, 1.165) is 19.4 Å². The Kier molecular flexibility index (Phi) is 3.12. The second-order valence-electron chi connectivity index (χ2n) is 2.85. The van der Waals surface area contributed by atoms with Crippen molar-refractivity contribution in [1.82, 2.24) is 4.90 Å². The molecule has 1 rings (SSSR count). The average Bonchev–Trinajstić information content (AvgIpc) is 2.51. The molecule has 0 bridgehead atoms. The largest absolute Gasteiger partial charge is 0.394 e. The number of carbonyl (C=O) groups excluding carboxylic acids is 1. The fourth-order valence-corrected chi connectivity index (χ4v) is 1.47. The maximum absolute atomic E-state index is 11.3. The van der Waals surface area contributed by atoms with Crippen molar-refractivity contribution in [2.75, 3.05) is 13.2 Å². The molecule has 0 radical (unpaired) electrons. The molecule has 0 unspecified atom stereocenters. The minimum Gasteiger partial charge on any atom is -0.394 e. The molecule has 0 aliphatic carbocycles. The van der Waals surface area contributed by atoms with Crippen LogP contribution in [0.1, 0.15) is 19.8 Å². The van der Waals surface area contributed by atoms with E-state index < -0.39 is 0 Å². The van der Waals surface area contributed by atoms with Crippen LogP contribution in [0, 0.1) is 11.8 Å². The minimum atomic E-state index is -0.158. The van der Waals surface area contributed by atoms with Crippen LogP contribution >= 0.6 is 0 Å². The number of hydrogen-bond donors (Lipinski definition) is 1. The third-order valence-electron chi connectivity index (χ3n) is 2.08. The van der Waals surface area contributed by atoms with Gasteiger partial charge in [0.25, 0.3) is 5.91 Å². The van der Waals surface area contributed by atoms with Gasteiger partial charge in [0.05, 0.1) is 12.6 Å². The lowest BCUT2D eigenvalue weighted by Crippen LogP contribution is -2.36. The summed E-state index contributed by atoms with van der Waals surface area (Å²) in [5.41, 5.74) is 0. The van der Waals surface area contributed by atoms with Crippen molar-refractivity contribution < 1.29 is 9.90 Å². The Morgan fingerprint density at radius 2 is 2.50 bits per heavy atom. The zero-order valence-corrected chi connectivity index (χ0v) is 7.21. The summed E-state index contributed by atoms with van der Waals surface area (Å²) in [5.74, 6) is 4.89. The first-order valence-corrected chi connectivity index (χ1v) is 4.13. The molecule has 3 heteroatoms. The molecule has 12 heavy (non-hydrogen) atoms. The lowest BCUT2D eigenvalue weighted by atomic mass is 10.2. The molecule has 1 aliphatic heterocycles. The summed E-state index contributed by atoms with van der Waals surface area (Å²) in [7, 11) is 0. The molecule has 0 aromatic carbocycles. The molecule has 1 aliphatic rings. The molecule has 1 heterocycles. The molecule has 0 aromatic heterocycles. The Bertz CT molecular complexity index is 226. The fourth-order valence-electron chi connectivity index (χ4n) is 1.47. The third-order valence-corrected chi connectivity index (χ3v) is 2.08. The highest BCUT2D eigenvalue weighted by molar-refractivity contribution is 5.93. The van der Waals surface area contributed by atoms with E-state index in [2.05, 4.69) is 11.8 Å². The minimum absolute atomic E-state index is 0.00153. The molecule has 1 N–H and O–H groups in total. The van der Waals surface area contributed by atoms with Gasteiger partial charge >= 0.3 is 0 Å². The van der Waals surface area contributed by atoms with Crippen molar-refractivity contribution >= 4 is 5.91 Å². The Balaban J connectivity index is 2.59. The van der Waals surface area contributed by atoms with E-state index in [-0.39, 0.29) is 18.6 Å². The number of likely N-dealkylation sites (tertiary alicyclic amines) is 1. The van der Waals surface area contributed by atoms with Gasteiger partial charge in [-0.05, 0) is 25.7 Å². The molecule has 1 saturated heterocycles. The summed E-state index contributed by atoms with van der Waals surface area (Å²) in [4.78, 5) is 12.9. The smallest absolute Gasteiger partial charge is 0.298 e. The van der Waals surface area contributed by atoms with E-state index in [0.29, 0.717) is 0 Å². The number of amides is 1. The van der Waals surface area contributed by atoms with Crippen LogP contribution in [0.3, 0.4) is 0 Å². The van der Waals surface area contributed by atoms with Crippen molar-refractivity contribution in [1.29, 1.82) is 0 Å². The zero-order valence-electron chi connectivity index (χ0n) is 7.21. The van der Waals surface area contributed by atoms with Crippen LogP contribution in [0.4, 0.5) is 0 Å². The molecular formula is C9H13NO2. The molecule has 66 valence electrons. The maximum Gasteiger partial charge on any atom is 0.298 e. The molecule has 1 fully saturated rings. The van der Waals surface area contributed by atoms with E-state index in [1.54, 1.807) is 11.8 Å². The first kappa shape index (κ1) is 9.08. The number of hydrogen-bond acceptors (Lipinski definition) is 2. The highest BCUT2D eigenvalue weighted by Crippen LogP contribution is 2.15. The quantitative estimate of drug-likeness (QED) is 0.558. The zero-order chi connectivity index (χ0) is 8.97. The summed E-state index contributed by atoms with van der Waals surface area (Å²) in [6, 6.07) is -0.00153. The lowest BCUT2D eigenvalue weighted by Gasteiger charge is -2.19. The van der Waals surface area contributed by atoms with Gasteiger partial charge in [-0.3, -0.25) is 4.79 Å². The predicted molar refractivity (Wildman–Crippen MR) is 45.3 cm³/mol. The van der Waals surface area contributed by atoms with Crippen LogP contribution < -0.4 is 0 Å². The molecule has 1 atom stereocenters. The molecular weight excluding hydrogens is 154 g/mol. The fraction of sp³-hybridized carbons (Fsp3) is 0.667.